The summed E-state index contributed by atoms with van der Waals surface area (Å²) in [7, 11) is 0. The summed E-state index contributed by atoms with van der Waals surface area (Å²) in [6.07, 6.45) is 3.16. The maximum absolute atomic E-state index is 12.4. The summed E-state index contributed by atoms with van der Waals surface area (Å²) in [5.74, 6) is -0.211. The Bertz CT molecular complexity index is 714. The Kier molecular flexibility index (Phi) is 7.01. The molecule has 0 aliphatic heterocycles. The molecular formula is C20H25N3O2. The molecule has 0 radical (unpaired) electrons. The lowest BCUT2D eigenvalue weighted by atomic mass is 10.1. The van der Waals surface area contributed by atoms with Crippen LogP contribution in [0.15, 0.2) is 48.5 Å². The molecule has 0 saturated carbocycles. The van der Waals surface area contributed by atoms with Crippen LogP contribution in [0, 0.1) is 6.92 Å². The number of rotatable bonds is 7. The van der Waals surface area contributed by atoms with Crippen LogP contribution < -0.4 is 16.0 Å². The third kappa shape index (κ3) is 5.95. The number of carbonyl (C=O) groups excluding carboxylic acids is 2. The molecule has 2 aromatic carbocycles. The number of carbonyl (C=O) groups is 2. The van der Waals surface area contributed by atoms with Gasteiger partial charge in [-0.3, -0.25) is 4.79 Å². The van der Waals surface area contributed by atoms with E-state index >= 15 is 0 Å². The third-order valence-corrected chi connectivity index (χ3v) is 3.85. The minimum absolute atomic E-state index is 0.211. The van der Waals surface area contributed by atoms with Crippen molar-refractivity contribution in [1.29, 1.82) is 0 Å². The van der Waals surface area contributed by atoms with E-state index in [2.05, 4.69) is 22.9 Å². The van der Waals surface area contributed by atoms with E-state index in [-0.39, 0.29) is 11.9 Å². The first-order chi connectivity index (χ1) is 12.1. The average Bonchev–Trinajstić information content (AvgIpc) is 2.61. The Morgan fingerprint density at radius 3 is 2.44 bits per heavy atom. The van der Waals surface area contributed by atoms with Crippen LogP contribution in [0.25, 0.3) is 0 Å². The number of hydrogen-bond acceptors (Lipinski definition) is 2. The van der Waals surface area contributed by atoms with Crippen LogP contribution in [-0.4, -0.2) is 18.5 Å². The van der Waals surface area contributed by atoms with Gasteiger partial charge in [-0.15, -0.1) is 0 Å². The van der Waals surface area contributed by atoms with E-state index in [1.807, 2.05) is 43.3 Å². The molecule has 2 aromatic rings. The van der Waals surface area contributed by atoms with Gasteiger partial charge in [0.2, 0.25) is 0 Å². The summed E-state index contributed by atoms with van der Waals surface area (Å²) in [4.78, 5) is 24.3. The van der Waals surface area contributed by atoms with Gasteiger partial charge in [0.25, 0.3) is 5.91 Å². The van der Waals surface area contributed by atoms with Crippen LogP contribution in [0.5, 0.6) is 0 Å². The molecule has 0 atom stereocenters. The predicted molar refractivity (Wildman–Crippen MR) is 102 cm³/mol. The molecule has 0 heterocycles. The van der Waals surface area contributed by atoms with E-state index in [4.69, 9.17) is 0 Å². The van der Waals surface area contributed by atoms with Crippen LogP contribution in [0.2, 0.25) is 0 Å². The van der Waals surface area contributed by atoms with E-state index in [0.29, 0.717) is 17.8 Å². The lowest BCUT2D eigenvalue weighted by Crippen LogP contribution is -2.29. The molecule has 0 spiro atoms. The van der Waals surface area contributed by atoms with E-state index in [1.54, 1.807) is 12.1 Å². The molecule has 0 aromatic heterocycles. The van der Waals surface area contributed by atoms with Gasteiger partial charge in [0.1, 0.15) is 0 Å². The SMILES string of the molecule is CCCCCNC(=O)Nc1cc(C(=O)Nc2ccccc2)ccc1C. The van der Waals surface area contributed by atoms with Crippen LogP contribution in [-0.2, 0) is 0 Å². The van der Waals surface area contributed by atoms with E-state index in [9.17, 15) is 9.59 Å². The fourth-order valence-corrected chi connectivity index (χ4v) is 2.37. The molecule has 5 heteroatoms. The van der Waals surface area contributed by atoms with Gasteiger partial charge >= 0.3 is 6.03 Å². The van der Waals surface area contributed by atoms with Gasteiger partial charge in [0, 0.05) is 23.5 Å². The first-order valence-corrected chi connectivity index (χ1v) is 8.62. The highest BCUT2D eigenvalue weighted by Crippen LogP contribution is 2.18. The number of hydrogen-bond donors (Lipinski definition) is 3. The third-order valence-electron chi connectivity index (χ3n) is 3.85. The number of anilines is 2. The minimum Gasteiger partial charge on any atom is -0.338 e. The van der Waals surface area contributed by atoms with Crippen molar-refractivity contribution in [3.8, 4) is 0 Å². The van der Waals surface area contributed by atoms with Crippen LogP contribution in [0.3, 0.4) is 0 Å². The van der Waals surface area contributed by atoms with Crippen molar-refractivity contribution in [2.24, 2.45) is 0 Å². The fraction of sp³-hybridized carbons (Fsp3) is 0.300. The first-order valence-electron chi connectivity index (χ1n) is 8.62. The van der Waals surface area contributed by atoms with Crippen molar-refractivity contribution in [3.63, 3.8) is 0 Å². The van der Waals surface area contributed by atoms with Crippen molar-refractivity contribution in [1.82, 2.24) is 5.32 Å². The lowest BCUT2D eigenvalue weighted by Gasteiger charge is -2.12. The van der Waals surface area contributed by atoms with Gasteiger partial charge in [-0.05, 0) is 43.2 Å². The number of benzene rings is 2. The molecule has 3 amide bonds. The largest absolute Gasteiger partial charge is 0.338 e. The van der Waals surface area contributed by atoms with Gasteiger partial charge < -0.3 is 16.0 Å². The van der Waals surface area contributed by atoms with Crippen molar-refractivity contribution in [2.45, 2.75) is 33.1 Å². The summed E-state index contributed by atoms with van der Waals surface area (Å²) < 4.78 is 0. The summed E-state index contributed by atoms with van der Waals surface area (Å²) in [6, 6.07) is 14.3. The highest BCUT2D eigenvalue weighted by Gasteiger charge is 2.10. The Labute approximate surface area is 148 Å². The molecule has 0 bridgehead atoms. The predicted octanol–water partition coefficient (Wildman–Crippen LogP) is 4.56. The summed E-state index contributed by atoms with van der Waals surface area (Å²) >= 11 is 0. The number of nitrogens with one attached hydrogen (secondary N) is 3. The summed E-state index contributed by atoms with van der Waals surface area (Å²) in [5, 5.41) is 8.49. The Balaban J connectivity index is 1.99. The van der Waals surface area contributed by atoms with Crippen molar-refractivity contribution in [3.05, 3.63) is 59.7 Å². The second-order valence-corrected chi connectivity index (χ2v) is 5.94. The molecule has 3 N–H and O–H groups in total. The number of unbranched alkanes of at least 4 members (excludes halogenated alkanes) is 2. The molecule has 2 rings (SSSR count). The van der Waals surface area contributed by atoms with Gasteiger partial charge in [-0.1, -0.05) is 44.0 Å². The molecule has 0 unspecified atom stereocenters. The second kappa shape index (κ2) is 9.47. The van der Waals surface area contributed by atoms with Crippen molar-refractivity contribution in [2.75, 3.05) is 17.2 Å². The zero-order valence-electron chi connectivity index (χ0n) is 14.8. The van der Waals surface area contributed by atoms with E-state index in [1.165, 1.54) is 0 Å². The molecule has 5 nitrogen and oxygen atoms in total. The Hall–Kier alpha value is -2.82. The molecule has 0 saturated heterocycles. The van der Waals surface area contributed by atoms with E-state index < -0.39 is 0 Å². The fourth-order valence-electron chi connectivity index (χ4n) is 2.37. The smallest absolute Gasteiger partial charge is 0.319 e. The highest BCUT2D eigenvalue weighted by atomic mass is 16.2. The zero-order valence-corrected chi connectivity index (χ0v) is 14.8. The first kappa shape index (κ1) is 18.5. The topological polar surface area (TPSA) is 70.2 Å². The molecule has 0 fully saturated rings. The van der Waals surface area contributed by atoms with Gasteiger partial charge in [0.05, 0.1) is 0 Å². The molecule has 0 aliphatic carbocycles. The standard InChI is InChI=1S/C20H25N3O2/c1-3-4-8-13-21-20(25)23-18-14-16(12-11-15(18)2)19(24)22-17-9-6-5-7-10-17/h5-7,9-12,14H,3-4,8,13H2,1-2H3,(H,22,24)(H2,21,23,25). The van der Waals surface area contributed by atoms with Crippen molar-refractivity contribution >= 4 is 23.3 Å². The number of urea groups is 1. The van der Waals surface area contributed by atoms with Gasteiger partial charge in [-0.2, -0.15) is 0 Å². The average molecular weight is 339 g/mol. The van der Waals surface area contributed by atoms with Crippen molar-refractivity contribution < 1.29 is 9.59 Å². The molecule has 25 heavy (non-hydrogen) atoms. The van der Waals surface area contributed by atoms with Crippen LogP contribution in [0.1, 0.15) is 42.1 Å². The van der Waals surface area contributed by atoms with Crippen LogP contribution >= 0.6 is 0 Å². The monoisotopic (exact) mass is 339 g/mol. The summed E-state index contributed by atoms with van der Waals surface area (Å²) in [6.45, 7) is 4.66. The maximum Gasteiger partial charge on any atom is 0.319 e. The normalized spacial score (nSPS) is 10.2. The van der Waals surface area contributed by atoms with Crippen LogP contribution in [0.4, 0.5) is 16.2 Å². The maximum atomic E-state index is 12.4. The molecule has 0 aliphatic rings. The lowest BCUT2D eigenvalue weighted by molar-refractivity contribution is 0.102. The molecular weight excluding hydrogens is 314 g/mol. The highest BCUT2D eigenvalue weighted by molar-refractivity contribution is 6.05. The number of aryl methyl sites for hydroxylation is 1. The number of para-hydroxylation sites is 1. The Morgan fingerprint density at radius 2 is 1.72 bits per heavy atom. The Morgan fingerprint density at radius 1 is 0.960 bits per heavy atom. The molecule has 132 valence electrons. The minimum atomic E-state index is -0.250. The van der Waals surface area contributed by atoms with E-state index in [0.717, 1.165) is 30.5 Å². The quantitative estimate of drug-likeness (QED) is 0.647. The second-order valence-electron chi connectivity index (χ2n) is 5.94. The van der Waals surface area contributed by atoms with Gasteiger partial charge in [-0.25, -0.2) is 4.79 Å². The number of amides is 3. The zero-order chi connectivity index (χ0) is 18.1. The summed E-state index contributed by atoms with van der Waals surface area (Å²) in [5.41, 5.74) is 2.76. The van der Waals surface area contributed by atoms with Gasteiger partial charge in [0.15, 0.2) is 0 Å².